The molecule has 3 nitrogen and oxygen atoms in total. The van der Waals surface area contributed by atoms with Crippen LogP contribution >= 0.6 is 0 Å². The fraction of sp³-hybridized carbons (Fsp3) is 0.0476. The van der Waals surface area contributed by atoms with Gasteiger partial charge in [-0.2, -0.15) is 0 Å². The highest BCUT2D eigenvalue weighted by Crippen LogP contribution is 2.38. The summed E-state index contributed by atoms with van der Waals surface area (Å²) in [6.07, 6.45) is 3.88. The molecule has 0 aliphatic carbocycles. The zero-order valence-electron chi connectivity index (χ0n) is 25.2. The fourth-order valence-corrected chi connectivity index (χ4v) is 7.52. The van der Waals surface area contributed by atoms with Crippen molar-refractivity contribution in [3.05, 3.63) is 141 Å². The van der Waals surface area contributed by atoms with Crippen LogP contribution < -0.4 is 0 Å². The lowest BCUT2D eigenvalue weighted by Crippen LogP contribution is -1.93. The van der Waals surface area contributed by atoms with Crippen LogP contribution in [0.2, 0.25) is 0 Å². The summed E-state index contributed by atoms with van der Waals surface area (Å²) in [6.45, 7) is 8.86. The fourth-order valence-electron chi connectivity index (χ4n) is 7.52. The molecule has 0 saturated carbocycles. The van der Waals surface area contributed by atoms with E-state index < -0.39 is 0 Å². The van der Waals surface area contributed by atoms with Crippen molar-refractivity contribution in [1.82, 2.24) is 13.7 Å². The van der Waals surface area contributed by atoms with Gasteiger partial charge < -0.3 is 13.7 Å². The maximum atomic E-state index is 4.07. The van der Waals surface area contributed by atoms with Gasteiger partial charge in [0, 0.05) is 74.2 Å². The largest absolute Gasteiger partial charge is 0.344 e. The summed E-state index contributed by atoms with van der Waals surface area (Å²) < 4.78 is 6.84. The lowest BCUT2D eigenvalue weighted by molar-refractivity contribution is 0.901. The van der Waals surface area contributed by atoms with Gasteiger partial charge in [-0.3, -0.25) is 0 Å². The van der Waals surface area contributed by atoms with Crippen LogP contribution in [0.5, 0.6) is 0 Å². The van der Waals surface area contributed by atoms with E-state index in [0.29, 0.717) is 0 Å². The summed E-state index contributed by atoms with van der Waals surface area (Å²) in [7, 11) is 2.17. The highest BCUT2D eigenvalue weighted by atomic mass is 15.0. The van der Waals surface area contributed by atoms with Crippen molar-refractivity contribution in [2.24, 2.45) is 7.05 Å². The monoisotopic (exact) mass is 577 g/mol. The van der Waals surface area contributed by atoms with E-state index in [1.807, 2.05) is 12.3 Å². The number of nitrogens with zero attached hydrogens (tertiary/aromatic N) is 3. The summed E-state index contributed by atoms with van der Waals surface area (Å²) >= 11 is 0. The Bertz CT molecular complexity index is 2670. The van der Waals surface area contributed by atoms with Gasteiger partial charge in [0.15, 0.2) is 0 Å². The molecule has 0 spiro atoms. The Hall–Kier alpha value is -5.80. The molecule has 9 rings (SSSR count). The molecular weight excluding hydrogens is 546 g/mol. The van der Waals surface area contributed by atoms with E-state index in [9.17, 15) is 0 Å². The van der Waals surface area contributed by atoms with E-state index in [2.05, 4.69) is 155 Å². The van der Waals surface area contributed by atoms with Crippen molar-refractivity contribution >= 4 is 71.6 Å². The number of para-hydroxylation sites is 2. The zero-order valence-corrected chi connectivity index (χ0v) is 25.2. The number of hydrogen-bond acceptors (Lipinski definition) is 0. The van der Waals surface area contributed by atoms with Gasteiger partial charge in [-0.15, -0.1) is 6.58 Å². The second kappa shape index (κ2) is 9.60. The van der Waals surface area contributed by atoms with Gasteiger partial charge in [0.25, 0.3) is 0 Å². The first-order valence-electron chi connectivity index (χ1n) is 15.4. The molecule has 0 amide bonds. The maximum absolute atomic E-state index is 4.07. The molecule has 45 heavy (non-hydrogen) atoms. The predicted molar refractivity (Wildman–Crippen MR) is 194 cm³/mol. The van der Waals surface area contributed by atoms with Crippen molar-refractivity contribution in [3.63, 3.8) is 0 Å². The van der Waals surface area contributed by atoms with Gasteiger partial charge in [-0.25, -0.2) is 0 Å². The molecule has 9 aromatic rings. The van der Waals surface area contributed by atoms with Crippen LogP contribution in [0.25, 0.3) is 93.9 Å². The molecule has 214 valence electrons. The Labute approximate surface area is 261 Å². The molecule has 6 aromatic carbocycles. The van der Waals surface area contributed by atoms with Crippen molar-refractivity contribution in [2.75, 3.05) is 0 Å². The lowest BCUT2D eigenvalue weighted by atomic mass is 9.98. The Morgan fingerprint density at radius 2 is 0.867 bits per heavy atom. The van der Waals surface area contributed by atoms with Gasteiger partial charge in [-0.1, -0.05) is 73.3 Å². The third-order valence-electron chi connectivity index (χ3n) is 9.65. The van der Waals surface area contributed by atoms with Gasteiger partial charge in [0.2, 0.25) is 0 Å². The maximum Gasteiger partial charge on any atom is 0.0535 e. The summed E-state index contributed by atoms with van der Waals surface area (Å²) in [4.78, 5) is 0. The highest BCUT2D eigenvalue weighted by Gasteiger charge is 2.15. The van der Waals surface area contributed by atoms with Crippen LogP contribution in [0.3, 0.4) is 0 Å². The summed E-state index contributed by atoms with van der Waals surface area (Å²) in [5.74, 6) is 0. The van der Waals surface area contributed by atoms with Gasteiger partial charge >= 0.3 is 0 Å². The van der Waals surface area contributed by atoms with E-state index in [4.69, 9.17) is 0 Å². The van der Waals surface area contributed by atoms with Crippen molar-refractivity contribution in [3.8, 4) is 22.3 Å². The first kappa shape index (κ1) is 25.7. The Morgan fingerprint density at radius 1 is 0.467 bits per heavy atom. The smallest absolute Gasteiger partial charge is 0.0535 e. The van der Waals surface area contributed by atoms with E-state index in [-0.39, 0.29) is 0 Å². The molecule has 0 N–H and O–H groups in total. The van der Waals surface area contributed by atoms with Crippen LogP contribution in [0.1, 0.15) is 0 Å². The molecule has 3 aromatic heterocycles. The molecule has 3 heterocycles. The first-order valence-corrected chi connectivity index (χ1v) is 15.4. The molecule has 0 fully saturated rings. The third kappa shape index (κ3) is 3.64. The average molecular weight is 578 g/mol. The Kier molecular flexibility index (Phi) is 5.48. The topological polar surface area (TPSA) is 14.8 Å². The minimum atomic E-state index is 0.789. The normalized spacial score (nSPS) is 11.9. The molecule has 3 heteroatoms. The molecule has 0 radical (unpaired) electrons. The van der Waals surface area contributed by atoms with Crippen molar-refractivity contribution in [1.29, 1.82) is 0 Å². The molecule has 0 aliphatic heterocycles. The zero-order chi connectivity index (χ0) is 30.2. The van der Waals surface area contributed by atoms with Crippen LogP contribution in [0, 0.1) is 0 Å². The van der Waals surface area contributed by atoms with Crippen molar-refractivity contribution < 1.29 is 0 Å². The molecule has 0 bridgehead atoms. The molecule has 0 atom stereocenters. The minimum Gasteiger partial charge on any atom is -0.344 e. The highest BCUT2D eigenvalue weighted by molar-refractivity contribution is 6.13. The standard InChI is InChI=1S/C42H31N3/c1-4-22-45-40-13-9-7-11-32(40)34-24-30(17-21-42(34)45)28-15-19-38-36(26-28)35-25-27(14-18-37(35)43(38)3)29-16-20-41-33(23-29)31-10-6-8-12-39(31)44(41)5-2/h4-21,23-26H,1-2,22H2,3H3. The molecular formula is C42H31N3. The second-order valence-corrected chi connectivity index (χ2v) is 12.0. The minimum absolute atomic E-state index is 0.789. The van der Waals surface area contributed by atoms with Crippen LogP contribution in [-0.4, -0.2) is 13.7 Å². The number of benzene rings is 6. The number of aryl methyl sites for hydroxylation is 1. The molecule has 0 unspecified atom stereocenters. The van der Waals surface area contributed by atoms with E-state index in [1.54, 1.807) is 0 Å². The van der Waals surface area contributed by atoms with Crippen LogP contribution in [0.15, 0.2) is 141 Å². The third-order valence-corrected chi connectivity index (χ3v) is 9.65. The van der Waals surface area contributed by atoms with E-state index in [1.165, 1.54) is 87.7 Å². The van der Waals surface area contributed by atoms with Gasteiger partial charge in [-0.05, 0) is 82.9 Å². The lowest BCUT2D eigenvalue weighted by Gasteiger charge is -2.06. The summed E-state index contributed by atoms with van der Waals surface area (Å²) in [6, 6.07) is 44.7. The van der Waals surface area contributed by atoms with Crippen LogP contribution in [-0.2, 0) is 13.6 Å². The number of aromatic nitrogens is 3. The Morgan fingerprint density at radius 3 is 1.42 bits per heavy atom. The van der Waals surface area contributed by atoms with Gasteiger partial charge in [0.05, 0.1) is 11.0 Å². The van der Waals surface area contributed by atoms with Crippen LogP contribution in [0.4, 0.5) is 0 Å². The molecule has 0 aliphatic rings. The SMILES string of the molecule is C=CCn1c2ccccc2c2cc(-c3ccc4c(c3)c3cc(-c5ccc6c(c5)c5ccccc5n6C=C)ccc3n4C)ccc21. The summed E-state index contributed by atoms with van der Waals surface area (Å²) in [5.41, 5.74) is 12.2. The van der Waals surface area contributed by atoms with Crippen molar-refractivity contribution in [2.45, 2.75) is 6.54 Å². The van der Waals surface area contributed by atoms with E-state index >= 15 is 0 Å². The number of fused-ring (bicyclic) bond motifs is 9. The number of rotatable bonds is 5. The number of hydrogen-bond donors (Lipinski definition) is 0. The molecule has 0 saturated heterocycles. The Balaban J connectivity index is 1.21. The number of allylic oxidation sites excluding steroid dienone is 1. The average Bonchev–Trinajstić information content (AvgIpc) is 3.69. The predicted octanol–water partition coefficient (Wildman–Crippen LogP) is 11.2. The van der Waals surface area contributed by atoms with Gasteiger partial charge in [0.1, 0.15) is 0 Å². The van der Waals surface area contributed by atoms with E-state index in [0.717, 1.165) is 6.54 Å². The first-order chi connectivity index (χ1) is 22.1. The quantitative estimate of drug-likeness (QED) is 0.181. The summed E-state index contributed by atoms with van der Waals surface area (Å²) in [5, 5.41) is 7.58. The second-order valence-electron chi connectivity index (χ2n) is 12.0.